The van der Waals surface area contributed by atoms with Gasteiger partial charge in [0, 0.05) is 12.5 Å². The number of hydrogen-bond acceptors (Lipinski definition) is 2. The van der Waals surface area contributed by atoms with Crippen LogP contribution in [0.3, 0.4) is 0 Å². The van der Waals surface area contributed by atoms with Crippen molar-refractivity contribution in [1.29, 1.82) is 0 Å². The van der Waals surface area contributed by atoms with E-state index < -0.39 is 11.6 Å². The highest BCUT2D eigenvalue weighted by Gasteiger charge is 2.16. The van der Waals surface area contributed by atoms with Gasteiger partial charge in [-0.2, -0.15) is 0 Å². The second kappa shape index (κ2) is 5.02. The lowest BCUT2D eigenvalue weighted by Gasteiger charge is -2.14. The zero-order valence-electron chi connectivity index (χ0n) is 7.71. The summed E-state index contributed by atoms with van der Waals surface area (Å²) in [6.45, 7) is 0.110. The lowest BCUT2D eigenvalue weighted by atomic mass is 9.95. The molecule has 1 rings (SSSR count). The Bertz CT molecular complexity index is 304. The van der Waals surface area contributed by atoms with Crippen LogP contribution in [0.5, 0.6) is 0 Å². The summed E-state index contributed by atoms with van der Waals surface area (Å²) in [5.41, 5.74) is 5.65. The fourth-order valence-electron chi connectivity index (χ4n) is 1.39. The molecule has 1 aromatic rings. The molecule has 1 unspecified atom stereocenters. The molecule has 4 heteroatoms. The first kappa shape index (κ1) is 11.1. The average molecular weight is 201 g/mol. The summed E-state index contributed by atoms with van der Waals surface area (Å²) in [7, 11) is 0. The second-order valence-electron chi connectivity index (χ2n) is 3.09. The van der Waals surface area contributed by atoms with Crippen molar-refractivity contribution in [1.82, 2.24) is 0 Å². The molecule has 1 atom stereocenters. The number of rotatable bonds is 4. The number of nitrogens with two attached hydrogens (primary N) is 1. The first-order chi connectivity index (χ1) is 6.70. The van der Waals surface area contributed by atoms with E-state index in [1.54, 1.807) is 0 Å². The number of benzene rings is 1. The predicted octanol–water partition coefficient (Wildman–Crippen LogP) is 1.39. The van der Waals surface area contributed by atoms with E-state index in [-0.39, 0.29) is 24.6 Å². The zero-order chi connectivity index (χ0) is 10.6. The van der Waals surface area contributed by atoms with E-state index >= 15 is 0 Å². The Labute approximate surface area is 81.4 Å². The van der Waals surface area contributed by atoms with Gasteiger partial charge < -0.3 is 10.8 Å². The van der Waals surface area contributed by atoms with Crippen LogP contribution in [-0.2, 0) is 0 Å². The van der Waals surface area contributed by atoms with Crippen LogP contribution in [0.4, 0.5) is 8.78 Å². The maximum Gasteiger partial charge on any atom is 0.162 e. The summed E-state index contributed by atoms with van der Waals surface area (Å²) in [4.78, 5) is 0. The molecule has 3 N–H and O–H groups in total. The molecule has 0 radical (unpaired) electrons. The topological polar surface area (TPSA) is 46.2 Å². The van der Waals surface area contributed by atoms with Gasteiger partial charge in [-0.1, -0.05) is 12.1 Å². The van der Waals surface area contributed by atoms with Crippen molar-refractivity contribution in [2.75, 3.05) is 13.2 Å². The second-order valence-corrected chi connectivity index (χ2v) is 3.09. The molecule has 0 fully saturated rings. The lowest BCUT2D eigenvalue weighted by molar-refractivity contribution is 0.275. The molecule has 14 heavy (non-hydrogen) atoms. The molecular weight excluding hydrogens is 188 g/mol. The largest absolute Gasteiger partial charge is 0.396 e. The molecule has 2 nitrogen and oxygen atoms in total. The van der Waals surface area contributed by atoms with Crippen LogP contribution in [-0.4, -0.2) is 18.3 Å². The van der Waals surface area contributed by atoms with Crippen molar-refractivity contribution in [3.8, 4) is 0 Å². The minimum atomic E-state index is -0.876. The van der Waals surface area contributed by atoms with E-state index in [0.717, 1.165) is 6.07 Å². The SMILES string of the molecule is NCC(CCO)c1cccc(F)c1F. The van der Waals surface area contributed by atoms with Crippen molar-refractivity contribution in [2.24, 2.45) is 5.73 Å². The Morgan fingerprint density at radius 1 is 1.36 bits per heavy atom. The first-order valence-corrected chi connectivity index (χ1v) is 4.45. The lowest BCUT2D eigenvalue weighted by Crippen LogP contribution is -2.15. The standard InChI is InChI=1S/C10H13F2NO/c11-9-3-1-2-8(10(9)12)7(6-13)4-5-14/h1-3,7,14H,4-6,13H2. The predicted molar refractivity (Wildman–Crippen MR) is 49.9 cm³/mol. The first-order valence-electron chi connectivity index (χ1n) is 4.45. The zero-order valence-corrected chi connectivity index (χ0v) is 7.71. The van der Waals surface area contributed by atoms with Gasteiger partial charge in [0.2, 0.25) is 0 Å². The summed E-state index contributed by atoms with van der Waals surface area (Å²) < 4.78 is 26.1. The highest BCUT2D eigenvalue weighted by molar-refractivity contribution is 5.23. The third-order valence-electron chi connectivity index (χ3n) is 2.18. The van der Waals surface area contributed by atoms with Crippen LogP contribution in [0.2, 0.25) is 0 Å². The smallest absolute Gasteiger partial charge is 0.162 e. The van der Waals surface area contributed by atoms with E-state index in [4.69, 9.17) is 10.8 Å². The van der Waals surface area contributed by atoms with Gasteiger partial charge in [0.15, 0.2) is 11.6 Å². The van der Waals surface area contributed by atoms with Crippen LogP contribution >= 0.6 is 0 Å². The van der Waals surface area contributed by atoms with Crippen LogP contribution in [0.25, 0.3) is 0 Å². The maximum absolute atomic E-state index is 13.2. The number of aliphatic hydroxyl groups is 1. The molecule has 0 aliphatic heterocycles. The minimum absolute atomic E-state index is 0.0855. The maximum atomic E-state index is 13.2. The molecule has 0 saturated carbocycles. The Balaban J connectivity index is 2.97. The quantitative estimate of drug-likeness (QED) is 0.773. The van der Waals surface area contributed by atoms with Crippen LogP contribution in [0.1, 0.15) is 17.9 Å². The monoisotopic (exact) mass is 201 g/mol. The number of aliphatic hydroxyl groups excluding tert-OH is 1. The van der Waals surface area contributed by atoms with E-state index in [0.29, 0.717) is 6.42 Å². The van der Waals surface area contributed by atoms with E-state index in [2.05, 4.69) is 0 Å². The Hall–Kier alpha value is -1.00. The summed E-state index contributed by atoms with van der Waals surface area (Å²) in [5, 5.41) is 8.72. The van der Waals surface area contributed by atoms with E-state index in [9.17, 15) is 8.78 Å². The normalized spacial score (nSPS) is 12.9. The molecule has 0 spiro atoms. The van der Waals surface area contributed by atoms with Crippen molar-refractivity contribution in [3.63, 3.8) is 0 Å². The summed E-state index contributed by atoms with van der Waals surface area (Å²) in [6, 6.07) is 3.99. The van der Waals surface area contributed by atoms with Crippen molar-refractivity contribution in [2.45, 2.75) is 12.3 Å². The summed E-state index contributed by atoms with van der Waals surface area (Å²) in [6.07, 6.45) is 0.344. The third kappa shape index (κ3) is 2.27. The molecule has 0 aliphatic rings. The Morgan fingerprint density at radius 3 is 2.64 bits per heavy atom. The van der Waals surface area contributed by atoms with Crippen molar-refractivity contribution in [3.05, 3.63) is 35.4 Å². The number of halogens is 2. The van der Waals surface area contributed by atoms with E-state index in [1.165, 1.54) is 12.1 Å². The third-order valence-corrected chi connectivity index (χ3v) is 2.18. The highest BCUT2D eigenvalue weighted by atomic mass is 19.2. The summed E-state index contributed by atoms with van der Waals surface area (Å²) >= 11 is 0. The van der Waals surface area contributed by atoms with Crippen LogP contribution < -0.4 is 5.73 Å². The van der Waals surface area contributed by atoms with Crippen molar-refractivity contribution >= 4 is 0 Å². The molecule has 0 bridgehead atoms. The van der Waals surface area contributed by atoms with Crippen molar-refractivity contribution < 1.29 is 13.9 Å². The Kier molecular flexibility index (Phi) is 3.98. The molecule has 0 aromatic heterocycles. The van der Waals surface area contributed by atoms with E-state index in [1.807, 2.05) is 0 Å². The molecule has 78 valence electrons. The number of hydrogen-bond donors (Lipinski definition) is 2. The van der Waals surface area contributed by atoms with Gasteiger partial charge in [-0.15, -0.1) is 0 Å². The van der Waals surface area contributed by atoms with Gasteiger partial charge in [0.1, 0.15) is 0 Å². The van der Waals surface area contributed by atoms with Gasteiger partial charge in [-0.05, 0) is 24.6 Å². The van der Waals surface area contributed by atoms with Gasteiger partial charge >= 0.3 is 0 Å². The minimum Gasteiger partial charge on any atom is -0.396 e. The fraction of sp³-hybridized carbons (Fsp3) is 0.400. The highest BCUT2D eigenvalue weighted by Crippen LogP contribution is 2.22. The van der Waals surface area contributed by atoms with Crippen LogP contribution in [0, 0.1) is 11.6 Å². The molecule has 0 heterocycles. The van der Waals surface area contributed by atoms with Gasteiger partial charge in [-0.3, -0.25) is 0 Å². The molecule has 1 aromatic carbocycles. The summed E-state index contributed by atoms with van der Waals surface area (Å²) in [5.74, 6) is -2.06. The van der Waals surface area contributed by atoms with Gasteiger partial charge in [0.25, 0.3) is 0 Å². The average Bonchev–Trinajstić information content (AvgIpc) is 2.19. The molecular formula is C10H13F2NO. The molecule has 0 saturated heterocycles. The van der Waals surface area contributed by atoms with Crippen LogP contribution in [0.15, 0.2) is 18.2 Å². The molecule has 0 aliphatic carbocycles. The van der Waals surface area contributed by atoms with Gasteiger partial charge in [-0.25, -0.2) is 8.78 Å². The Morgan fingerprint density at radius 2 is 2.07 bits per heavy atom. The molecule has 0 amide bonds. The fourth-order valence-corrected chi connectivity index (χ4v) is 1.39. The van der Waals surface area contributed by atoms with Gasteiger partial charge in [0.05, 0.1) is 0 Å².